The zero-order valence-corrected chi connectivity index (χ0v) is 10.9. The van der Waals surface area contributed by atoms with E-state index in [4.69, 9.17) is 0 Å². The molecule has 12 heavy (non-hydrogen) atoms. The van der Waals surface area contributed by atoms with Crippen LogP contribution < -0.4 is 0 Å². The summed E-state index contributed by atoms with van der Waals surface area (Å²) in [7, 11) is 1.28. The van der Waals surface area contributed by atoms with Gasteiger partial charge in [0.2, 0.25) is 0 Å². The van der Waals surface area contributed by atoms with Crippen molar-refractivity contribution in [2.75, 3.05) is 0 Å². The molecule has 0 N–H and O–H groups in total. The summed E-state index contributed by atoms with van der Waals surface area (Å²) in [6.45, 7) is 2.28. The molecule has 0 aliphatic rings. The van der Waals surface area contributed by atoms with Crippen LogP contribution in [0.25, 0.3) is 0 Å². The lowest BCUT2D eigenvalue weighted by molar-refractivity contribution is 0.576. The summed E-state index contributed by atoms with van der Waals surface area (Å²) in [6.07, 6.45) is 13.0. The van der Waals surface area contributed by atoms with Gasteiger partial charge in [-0.05, 0) is 0 Å². The molecule has 0 aliphatic heterocycles. The molecule has 0 spiro atoms. The van der Waals surface area contributed by atoms with Crippen molar-refractivity contribution in [1.29, 1.82) is 0 Å². The molecule has 0 atom stereocenters. The third-order valence-electron chi connectivity index (χ3n) is 2.35. The van der Waals surface area contributed by atoms with Gasteiger partial charge in [-0.2, -0.15) is 0 Å². The maximum Gasteiger partial charge on any atom is 0.00667 e. The molecule has 0 unspecified atom stereocenters. The summed E-state index contributed by atoms with van der Waals surface area (Å²) < 4.78 is 0. The molecule has 0 aromatic carbocycles. The molecule has 0 heterocycles. The number of rotatable bonds is 9. The Morgan fingerprint density at radius 1 is 0.833 bits per heavy atom. The van der Waals surface area contributed by atoms with Gasteiger partial charge in [0.1, 0.15) is 0 Å². The van der Waals surface area contributed by atoms with Crippen LogP contribution in [0.15, 0.2) is 0 Å². The summed E-state index contributed by atoms with van der Waals surface area (Å²) in [6, 6.07) is 2.41. The van der Waals surface area contributed by atoms with Crippen molar-refractivity contribution in [3.05, 3.63) is 6.04 Å². The summed E-state index contributed by atoms with van der Waals surface area (Å²) in [4.78, 5) is 0. The average Bonchev–Trinajstić information content (AvgIpc) is 2.10. The molecule has 0 nitrogen and oxygen atoms in total. The zero-order valence-electron chi connectivity index (χ0n) is 8.94. The normalized spacial score (nSPS) is 10.8. The third kappa shape index (κ3) is 10.2. The van der Waals surface area contributed by atoms with Crippen molar-refractivity contribution in [2.24, 2.45) is 0 Å². The zero-order chi connectivity index (χ0) is 9.07. The second kappa shape index (κ2) is 11.2. The molecule has 0 aromatic heterocycles. The Morgan fingerprint density at radius 3 is 1.83 bits per heavy atom. The third-order valence-corrected chi connectivity index (χ3v) is 2.92. The molecule has 1 heteroatoms. The van der Waals surface area contributed by atoms with E-state index < -0.39 is 0 Å². The fourth-order valence-corrected chi connectivity index (χ4v) is 1.89. The van der Waals surface area contributed by atoms with Gasteiger partial charge in [0.25, 0.3) is 0 Å². The second-order valence-corrected chi connectivity index (χ2v) is 4.49. The standard InChI is InChI=1S/C11H25Si/c1-2-3-4-5-6-7-8-9-10-11-12/h11H,2-10H2,1,12H3. The van der Waals surface area contributed by atoms with Crippen molar-refractivity contribution in [2.45, 2.75) is 64.7 Å². The monoisotopic (exact) mass is 185 g/mol. The van der Waals surface area contributed by atoms with Crippen molar-refractivity contribution in [3.63, 3.8) is 0 Å². The predicted molar refractivity (Wildman–Crippen MR) is 61.5 cm³/mol. The SMILES string of the molecule is CCCCCCCCCC[CH][SiH3]. The van der Waals surface area contributed by atoms with Gasteiger partial charge >= 0.3 is 0 Å². The molecule has 0 rings (SSSR count). The molecule has 73 valence electrons. The van der Waals surface area contributed by atoms with E-state index >= 15 is 0 Å². The molecular formula is C11H25Si. The second-order valence-electron chi connectivity index (χ2n) is 3.67. The van der Waals surface area contributed by atoms with Crippen LogP contribution in [-0.4, -0.2) is 10.2 Å². The molecule has 1 radical (unpaired) electrons. The summed E-state index contributed by atoms with van der Waals surface area (Å²) >= 11 is 0. The van der Waals surface area contributed by atoms with Crippen LogP contribution in [0.3, 0.4) is 0 Å². The Labute approximate surface area is 81.6 Å². The van der Waals surface area contributed by atoms with Crippen LogP contribution in [0.5, 0.6) is 0 Å². The highest BCUT2D eigenvalue weighted by atomic mass is 28.1. The van der Waals surface area contributed by atoms with Crippen LogP contribution in [0, 0.1) is 6.04 Å². The van der Waals surface area contributed by atoms with E-state index in [1.165, 1.54) is 68.0 Å². The van der Waals surface area contributed by atoms with Gasteiger partial charge in [-0.15, -0.1) is 0 Å². The van der Waals surface area contributed by atoms with Gasteiger partial charge in [-0.25, -0.2) is 0 Å². The lowest BCUT2D eigenvalue weighted by Gasteiger charge is -1.99. The van der Waals surface area contributed by atoms with Crippen molar-refractivity contribution in [3.8, 4) is 0 Å². The Bertz CT molecular complexity index is 61.4. The van der Waals surface area contributed by atoms with E-state index in [0.29, 0.717) is 0 Å². The van der Waals surface area contributed by atoms with E-state index in [-0.39, 0.29) is 0 Å². The molecule has 0 saturated carbocycles. The van der Waals surface area contributed by atoms with Crippen LogP contribution in [-0.2, 0) is 0 Å². The molecule has 0 fully saturated rings. The highest BCUT2D eigenvalue weighted by Gasteiger charge is 1.90. The molecule has 0 aliphatic carbocycles. The molecule has 0 aromatic rings. The number of hydrogen-bond acceptors (Lipinski definition) is 0. The maximum atomic E-state index is 2.41. The first kappa shape index (κ1) is 12.2. The Balaban J connectivity index is 2.73. The van der Waals surface area contributed by atoms with E-state index in [1.54, 1.807) is 0 Å². The van der Waals surface area contributed by atoms with E-state index in [0.717, 1.165) is 0 Å². The predicted octanol–water partition coefficient (Wildman–Crippen LogP) is 3.04. The minimum atomic E-state index is 1.28. The van der Waals surface area contributed by atoms with Gasteiger partial charge in [0.05, 0.1) is 0 Å². The Morgan fingerprint density at radius 2 is 1.33 bits per heavy atom. The lowest BCUT2D eigenvalue weighted by Crippen LogP contribution is -1.81. The summed E-state index contributed by atoms with van der Waals surface area (Å²) in [5.41, 5.74) is 0. The first-order chi connectivity index (χ1) is 5.91. The van der Waals surface area contributed by atoms with Crippen LogP contribution >= 0.6 is 0 Å². The molecular weight excluding hydrogens is 160 g/mol. The van der Waals surface area contributed by atoms with Crippen molar-refractivity contribution >= 4 is 10.2 Å². The Kier molecular flexibility index (Phi) is 11.4. The fourth-order valence-electron chi connectivity index (χ4n) is 1.48. The van der Waals surface area contributed by atoms with Gasteiger partial charge in [0, 0.05) is 10.2 Å². The maximum absolute atomic E-state index is 2.41. The fraction of sp³-hybridized carbons (Fsp3) is 0.909. The Hall–Kier alpha value is 0.217. The molecule has 0 amide bonds. The minimum absolute atomic E-state index is 1.28. The highest BCUT2D eigenvalue weighted by Crippen LogP contribution is 2.09. The highest BCUT2D eigenvalue weighted by molar-refractivity contribution is 6.14. The van der Waals surface area contributed by atoms with Gasteiger partial charge in [0.15, 0.2) is 0 Å². The number of unbranched alkanes of at least 4 members (excludes halogenated alkanes) is 8. The van der Waals surface area contributed by atoms with Gasteiger partial charge in [-0.3, -0.25) is 0 Å². The lowest BCUT2D eigenvalue weighted by atomic mass is 10.1. The first-order valence-corrected chi connectivity index (χ1v) is 6.85. The largest absolute Gasteiger partial charge is 0.0654 e. The summed E-state index contributed by atoms with van der Waals surface area (Å²) in [5.74, 6) is 0. The van der Waals surface area contributed by atoms with Crippen LogP contribution in [0.2, 0.25) is 0 Å². The van der Waals surface area contributed by atoms with E-state index in [9.17, 15) is 0 Å². The van der Waals surface area contributed by atoms with Crippen molar-refractivity contribution in [1.82, 2.24) is 0 Å². The van der Waals surface area contributed by atoms with Gasteiger partial charge < -0.3 is 0 Å². The number of hydrogen-bond donors (Lipinski definition) is 0. The summed E-state index contributed by atoms with van der Waals surface area (Å²) in [5, 5.41) is 0. The van der Waals surface area contributed by atoms with Crippen LogP contribution in [0.4, 0.5) is 0 Å². The van der Waals surface area contributed by atoms with Gasteiger partial charge in [-0.1, -0.05) is 70.8 Å². The topological polar surface area (TPSA) is 0 Å². The van der Waals surface area contributed by atoms with E-state index in [2.05, 4.69) is 13.0 Å². The van der Waals surface area contributed by atoms with Crippen molar-refractivity contribution < 1.29 is 0 Å². The van der Waals surface area contributed by atoms with E-state index in [1.807, 2.05) is 0 Å². The average molecular weight is 185 g/mol. The van der Waals surface area contributed by atoms with Crippen LogP contribution in [0.1, 0.15) is 64.7 Å². The first-order valence-electron chi connectivity index (χ1n) is 5.69. The minimum Gasteiger partial charge on any atom is -0.0654 e. The quantitative estimate of drug-likeness (QED) is 0.383. The smallest absolute Gasteiger partial charge is 0.00667 e. The molecule has 0 bridgehead atoms. The molecule has 0 saturated heterocycles.